The summed E-state index contributed by atoms with van der Waals surface area (Å²) in [6, 6.07) is 18.5. The maximum absolute atomic E-state index is 13.8. The molecule has 35 heavy (non-hydrogen) atoms. The normalized spacial score (nSPS) is 21.3. The molecule has 0 spiro atoms. The van der Waals surface area contributed by atoms with Crippen LogP contribution in [-0.4, -0.2) is 39.2 Å². The van der Waals surface area contributed by atoms with Gasteiger partial charge in [0, 0.05) is 22.7 Å². The maximum atomic E-state index is 13.8. The number of methoxy groups -OCH3 is 3. The second kappa shape index (κ2) is 9.13. The molecule has 0 unspecified atom stereocenters. The average molecular weight is 495 g/mol. The lowest BCUT2D eigenvalue weighted by molar-refractivity contribution is -0.126. The second-order valence-corrected chi connectivity index (χ2v) is 8.56. The predicted octanol–water partition coefficient (Wildman–Crippen LogP) is 4.42. The minimum absolute atomic E-state index is 0.368. The zero-order valence-electron chi connectivity index (χ0n) is 19.3. The Labute approximate surface area is 207 Å². The van der Waals surface area contributed by atoms with Crippen LogP contribution >= 0.6 is 11.6 Å². The van der Waals surface area contributed by atoms with E-state index < -0.39 is 24.0 Å². The van der Waals surface area contributed by atoms with Crippen molar-refractivity contribution in [1.29, 1.82) is 0 Å². The number of hydroxylamine groups is 1. The van der Waals surface area contributed by atoms with Gasteiger partial charge in [-0.05, 0) is 48.5 Å². The number of carbonyl (C=O) groups excluding carboxylic acids is 2. The number of hydrogen-bond donors (Lipinski definition) is 0. The number of hydrogen-bond acceptors (Lipinski definition) is 7. The topological polar surface area (TPSA) is 77.5 Å². The van der Waals surface area contributed by atoms with Crippen molar-refractivity contribution in [3.63, 3.8) is 0 Å². The van der Waals surface area contributed by atoms with Crippen LogP contribution in [0.5, 0.6) is 17.2 Å². The van der Waals surface area contributed by atoms with E-state index in [0.717, 1.165) is 0 Å². The van der Waals surface area contributed by atoms with Gasteiger partial charge in [-0.3, -0.25) is 14.4 Å². The van der Waals surface area contributed by atoms with Gasteiger partial charge in [0.2, 0.25) is 5.91 Å². The molecule has 8 nitrogen and oxygen atoms in total. The van der Waals surface area contributed by atoms with Crippen molar-refractivity contribution < 1.29 is 28.6 Å². The molecule has 2 aliphatic rings. The predicted molar refractivity (Wildman–Crippen MR) is 130 cm³/mol. The van der Waals surface area contributed by atoms with E-state index in [0.29, 0.717) is 39.2 Å². The highest BCUT2D eigenvalue weighted by Crippen LogP contribution is 2.50. The number of halogens is 1. The van der Waals surface area contributed by atoms with Gasteiger partial charge in [-0.15, -0.1) is 0 Å². The molecule has 2 heterocycles. The van der Waals surface area contributed by atoms with Crippen LogP contribution in [0.25, 0.3) is 0 Å². The summed E-state index contributed by atoms with van der Waals surface area (Å²) >= 11 is 6.09. The van der Waals surface area contributed by atoms with E-state index in [-0.39, 0.29) is 5.91 Å². The number of ether oxygens (including phenoxy) is 3. The lowest BCUT2D eigenvalue weighted by Crippen LogP contribution is -2.37. The zero-order chi connectivity index (χ0) is 24.7. The van der Waals surface area contributed by atoms with Crippen LogP contribution in [-0.2, 0) is 14.4 Å². The van der Waals surface area contributed by atoms with Gasteiger partial charge < -0.3 is 14.2 Å². The molecule has 2 saturated heterocycles. The van der Waals surface area contributed by atoms with Gasteiger partial charge in [0.25, 0.3) is 5.91 Å². The first kappa shape index (κ1) is 23.0. The van der Waals surface area contributed by atoms with Crippen molar-refractivity contribution in [2.45, 2.75) is 12.1 Å². The molecule has 0 aliphatic carbocycles. The molecule has 9 heteroatoms. The molecular formula is C26H23ClN2O6. The van der Waals surface area contributed by atoms with Gasteiger partial charge in [0.15, 0.2) is 6.10 Å². The highest BCUT2D eigenvalue weighted by molar-refractivity contribution is 6.30. The molecular weight excluding hydrogens is 472 g/mol. The van der Waals surface area contributed by atoms with Crippen LogP contribution in [0.15, 0.2) is 66.7 Å². The summed E-state index contributed by atoms with van der Waals surface area (Å²) in [4.78, 5) is 34.7. The Morgan fingerprint density at radius 2 is 1.51 bits per heavy atom. The van der Waals surface area contributed by atoms with E-state index in [9.17, 15) is 9.59 Å². The summed E-state index contributed by atoms with van der Waals surface area (Å²) in [5.74, 6) is 0.0299. The fourth-order valence-corrected chi connectivity index (χ4v) is 4.74. The second-order valence-electron chi connectivity index (χ2n) is 8.12. The maximum Gasteiger partial charge on any atom is 0.266 e. The standard InChI is InChI=1S/C26H23ClN2O6/c1-32-18-6-4-5-17(13-18)28-25(30)22-23(20-12-11-19(33-2)14-21(20)34-3)29(35-24(22)26(28)31)16-9-7-15(27)8-10-16/h4-14,22-24H,1-3H3/t22-,23-,24+/m1/s1. The lowest BCUT2D eigenvalue weighted by Gasteiger charge is -2.29. The first-order valence-corrected chi connectivity index (χ1v) is 11.3. The number of benzene rings is 3. The van der Waals surface area contributed by atoms with Gasteiger partial charge in [-0.25, -0.2) is 9.96 Å². The Kier molecular flexibility index (Phi) is 6.00. The molecule has 0 N–H and O–H groups in total. The fourth-order valence-electron chi connectivity index (χ4n) is 4.61. The molecule has 0 aromatic heterocycles. The van der Waals surface area contributed by atoms with E-state index in [4.69, 9.17) is 30.6 Å². The Balaban J connectivity index is 1.61. The molecule has 2 amide bonds. The summed E-state index contributed by atoms with van der Waals surface area (Å²) in [6.07, 6.45) is -1.01. The molecule has 3 aromatic rings. The van der Waals surface area contributed by atoms with Gasteiger partial charge in [-0.1, -0.05) is 17.7 Å². The summed E-state index contributed by atoms with van der Waals surface area (Å²) in [5.41, 5.74) is 1.76. The minimum Gasteiger partial charge on any atom is -0.497 e. The van der Waals surface area contributed by atoms with Crippen molar-refractivity contribution in [3.8, 4) is 17.2 Å². The number of rotatable bonds is 6. The lowest BCUT2D eigenvalue weighted by atomic mass is 9.90. The summed E-state index contributed by atoms with van der Waals surface area (Å²) < 4.78 is 16.3. The van der Waals surface area contributed by atoms with E-state index in [1.165, 1.54) is 12.0 Å². The Morgan fingerprint density at radius 3 is 2.20 bits per heavy atom. The van der Waals surface area contributed by atoms with Crippen LogP contribution in [0.4, 0.5) is 11.4 Å². The molecule has 5 rings (SSSR count). The monoisotopic (exact) mass is 494 g/mol. The minimum atomic E-state index is -1.01. The highest BCUT2D eigenvalue weighted by atomic mass is 35.5. The smallest absolute Gasteiger partial charge is 0.266 e. The Morgan fingerprint density at radius 1 is 0.800 bits per heavy atom. The molecule has 180 valence electrons. The Bertz CT molecular complexity index is 1280. The van der Waals surface area contributed by atoms with E-state index in [1.807, 2.05) is 6.07 Å². The first-order valence-electron chi connectivity index (χ1n) is 10.9. The molecule has 3 aromatic carbocycles. The number of nitrogens with zero attached hydrogens (tertiary/aromatic N) is 2. The number of imide groups is 1. The molecule has 0 radical (unpaired) electrons. The van der Waals surface area contributed by atoms with E-state index in [1.54, 1.807) is 79.9 Å². The number of carbonyl (C=O) groups is 2. The largest absolute Gasteiger partial charge is 0.497 e. The molecule has 2 aliphatic heterocycles. The van der Waals surface area contributed by atoms with Crippen molar-refractivity contribution in [3.05, 3.63) is 77.3 Å². The third kappa shape index (κ3) is 3.84. The van der Waals surface area contributed by atoms with Crippen molar-refractivity contribution in [2.75, 3.05) is 31.3 Å². The van der Waals surface area contributed by atoms with E-state index >= 15 is 0 Å². The zero-order valence-corrected chi connectivity index (χ0v) is 20.1. The average Bonchev–Trinajstić information content (AvgIpc) is 3.39. The van der Waals surface area contributed by atoms with Crippen molar-refractivity contribution in [1.82, 2.24) is 0 Å². The van der Waals surface area contributed by atoms with Gasteiger partial charge in [0.05, 0.1) is 38.7 Å². The van der Waals surface area contributed by atoms with Gasteiger partial charge in [-0.2, -0.15) is 0 Å². The summed E-state index contributed by atoms with van der Waals surface area (Å²) in [6.45, 7) is 0. The molecule has 3 atom stereocenters. The third-order valence-corrected chi connectivity index (χ3v) is 6.52. The van der Waals surface area contributed by atoms with Crippen molar-refractivity contribution in [2.24, 2.45) is 5.92 Å². The van der Waals surface area contributed by atoms with Crippen LogP contribution in [0, 0.1) is 5.92 Å². The Hall–Kier alpha value is -3.75. The molecule has 2 fully saturated rings. The van der Waals surface area contributed by atoms with Crippen LogP contribution in [0.1, 0.15) is 11.6 Å². The molecule has 0 saturated carbocycles. The number of amides is 2. The summed E-state index contributed by atoms with van der Waals surface area (Å²) in [7, 11) is 4.64. The van der Waals surface area contributed by atoms with Crippen LogP contribution in [0.2, 0.25) is 5.02 Å². The van der Waals surface area contributed by atoms with Crippen LogP contribution in [0.3, 0.4) is 0 Å². The third-order valence-electron chi connectivity index (χ3n) is 6.27. The highest BCUT2D eigenvalue weighted by Gasteiger charge is 2.60. The fraction of sp³-hybridized carbons (Fsp3) is 0.231. The quantitative estimate of drug-likeness (QED) is 0.469. The van der Waals surface area contributed by atoms with Gasteiger partial charge >= 0.3 is 0 Å². The number of fused-ring (bicyclic) bond motifs is 1. The first-order chi connectivity index (χ1) is 17.0. The summed E-state index contributed by atoms with van der Waals surface area (Å²) in [5, 5.41) is 2.15. The van der Waals surface area contributed by atoms with Crippen molar-refractivity contribution >= 4 is 34.8 Å². The number of anilines is 2. The van der Waals surface area contributed by atoms with Crippen LogP contribution < -0.4 is 24.2 Å². The molecule has 0 bridgehead atoms. The SMILES string of the molecule is COc1cccc(N2C(=O)[C@H]3[C@H](ON(c4ccc(Cl)cc4)[C@@H]3c3ccc(OC)cc3OC)C2=O)c1. The van der Waals surface area contributed by atoms with Gasteiger partial charge in [0.1, 0.15) is 23.2 Å². The van der Waals surface area contributed by atoms with E-state index in [2.05, 4.69) is 0 Å².